The fourth-order valence-electron chi connectivity index (χ4n) is 3.38. The van der Waals surface area contributed by atoms with E-state index in [2.05, 4.69) is 26.1 Å². The van der Waals surface area contributed by atoms with Gasteiger partial charge in [0.25, 0.3) is 17.7 Å². The van der Waals surface area contributed by atoms with E-state index in [4.69, 9.17) is 9.15 Å². The zero-order valence-electron chi connectivity index (χ0n) is 19.1. The van der Waals surface area contributed by atoms with Crippen molar-refractivity contribution in [3.63, 3.8) is 0 Å². The second kappa shape index (κ2) is 10.3. The van der Waals surface area contributed by atoms with Gasteiger partial charge in [-0.15, -0.1) is 0 Å². The Balaban J connectivity index is 1.37. The largest absolute Gasteiger partial charge is 0.459 e. The molecule has 33 heavy (non-hydrogen) atoms. The molecule has 0 spiro atoms. The number of hydrogen-bond donors (Lipinski definition) is 1. The highest BCUT2D eigenvalue weighted by Gasteiger charge is 2.26. The Bertz CT molecular complexity index is 984. The van der Waals surface area contributed by atoms with Gasteiger partial charge in [0.1, 0.15) is 6.54 Å². The molecule has 1 N–H and O–H groups in total. The third-order valence-electron chi connectivity index (χ3n) is 5.41. The number of hydrogen-bond acceptors (Lipinski definition) is 6. The van der Waals surface area contributed by atoms with Crippen LogP contribution in [0.4, 0.5) is 0 Å². The molecule has 0 atom stereocenters. The summed E-state index contributed by atoms with van der Waals surface area (Å²) in [4.78, 5) is 51.9. The number of piperazine rings is 1. The Labute approximate surface area is 192 Å². The van der Waals surface area contributed by atoms with E-state index in [1.807, 2.05) is 12.1 Å². The number of rotatable bonds is 6. The minimum atomic E-state index is -0.699. The number of ether oxygens (including phenoxy) is 1. The van der Waals surface area contributed by atoms with Crippen LogP contribution < -0.4 is 5.32 Å². The zero-order chi connectivity index (χ0) is 24.0. The van der Waals surface area contributed by atoms with Crippen molar-refractivity contribution in [3.8, 4) is 0 Å². The van der Waals surface area contributed by atoms with Crippen molar-refractivity contribution in [2.45, 2.75) is 26.2 Å². The lowest BCUT2D eigenvalue weighted by Gasteiger charge is -2.34. The third kappa shape index (κ3) is 6.44. The molecule has 1 aromatic carbocycles. The molecule has 0 radical (unpaired) electrons. The Morgan fingerprint density at radius 3 is 2.18 bits per heavy atom. The van der Waals surface area contributed by atoms with Crippen molar-refractivity contribution >= 4 is 23.7 Å². The maximum absolute atomic E-state index is 12.3. The van der Waals surface area contributed by atoms with Gasteiger partial charge in [-0.3, -0.25) is 19.2 Å². The van der Waals surface area contributed by atoms with Crippen molar-refractivity contribution in [1.82, 2.24) is 15.1 Å². The van der Waals surface area contributed by atoms with E-state index in [9.17, 15) is 19.2 Å². The van der Waals surface area contributed by atoms with E-state index in [-0.39, 0.29) is 29.5 Å². The van der Waals surface area contributed by atoms with E-state index in [0.29, 0.717) is 31.7 Å². The number of furan rings is 1. The van der Waals surface area contributed by atoms with E-state index in [0.717, 1.165) is 5.56 Å². The molecule has 3 rings (SSSR count). The summed E-state index contributed by atoms with van der Waals surface area (Å²) < 4.78 is 10.1. The average Bonchev–Trinajstić information content (AvgIpc) is 3.35. The number of amides is 3. The van der Waals surface area contributed by atoms with Crippen LogP contribution in [0.2, 0.25) is 0 Å². The molecule has 1 aliphatic heterocycles. The van der Waals surface area contributed by atoms with Crippen molar-refractivity contribution in [3.05, 3.63) is 59.5 Å². The highest BCUT2D eigenvalue weighted by Crippen LogP contribution is 2.22. The van der Waals surface area contributed by atoms with Crippen molar-refractivity contribution in [2.24, 2.45) is 0 Å². The molecule has 0 bridgehead atoms. The van der Waals surface area contributed by atoms with Crippen LogP contribution in [0.25, 0.3) is 0 Å². The molecule has 176 valence electrons. The summed E-state index contributed by atoms with van der Waals surface area (Å²) in [6, 6.07) is 10.4. The Hall–Kier alpha value is -3.62. The summed E-state index contributed by atoms with van der Waals surface area (Å²) in [5, 5.41) is 2.50. The van der Waals surface area contributed by atoms with Gasteiger partial charge in [0, 0.05) is 31.7 Å². The topological polar surface area (TPSA) is 109 Å². The van der Waals surface area contributed by atoms with Crippen molar-refractivity contribution in [1.29, 1.82) is 0 Å². The van der Waals surface area contributed by atoms with Crippen LogP contribution in [0, 0.1) is 0 Å². The molecule has 1 fully saturated rings. The fourth-order valence-corrected chi connectivity index (χ4v) is 3.38. The van der Waals surface area contributed by atoms with E-state index in [1.54, 1.807) is 29.2 Å². The first-order valence-electron chi connectivity index (χ1n) is 10.8. The predicted octanol–water partition coefficient (Wildman–Crippen LogP) is 1.83. The molecule has 3 amide bonds. The number of carbonyl (C=O) groups excluding carboxylic acids is 4. The summed E-state index contributed by atoms with van der Waals surface area (Å²) in [5.74, 6) is -1.40. The molecule has 1 saturated heterocycles. The van der Waals surface area contributed by atoms with Gasteiger partial charge in [0.15, 0.2) is 12.4 Å². The lowest BCUT2D eigenvalue weighted by molar-refractivity contribution is -0.151. The first-order chi connectivity index (χ1) is 15.6. The van der Waals surface area contributed by atoms with Gasteiger partial charge in [-0.05, 0) is 35.2 Å². The monoisotopic (exact) mass is 455 g/mol. The van der Waals surface area contributed by atoms with Crippen LogP contribution in [0.3, 0.4) is 0 Å². The van der Waals surface area contributed by atoms with Crippen LogP contribution >= 0.6 is 0 Å². The standard InChI is InChI=1S/C24H29N3O6/c1-24(2,3)18-8-6-17(7-9-18)22(30)25-15-21(29)33-16-20(28)26-10-12-27(13-11-26)23(31)19-5-4-14-32-19/h4-9,14H,10-13,15-16H2,1-3H3,(H,25,30). The summed E-state index contributed by atoms with van der Waals surface area (Å²) >= 11 is 0. The Morgan fingerprint density at radius 2 is 1.61 bits per heavy atom. The van der Waals surface area contributed by atoms with Crippen LogP contribution in [-0.2, 0) is 19.7 Å². The summed E-state index contributed by atoms with van der Waals surface area (Å²) in [6.07, 6.45) is 1.44. The molecule has 1 aliphatic rings. The second-order valence-corrected chi connectivity index (χ2v) is 8.82. The van der Waals surface area contributed by atoms with E-state index in [1.165, 1.54) is 11.2 Å². The molecular formula is C24H29N3O6. The third-order valence-corrected chi connectivity index (χ3v) is 5.41. The van der Waals surface area contributed by atoms with E-state index >= 15 is 0 Å². The second-order valence-electron chi connectivity index (χ2n) is 8.82. The van der Waals surface area contributed by atoms with Gasteiger partial charge in [0.2, 0.25) is 0 Å². The highest BCUT2D eigenvalue weighted by atomic mass is 16.5. The Morgan fingerprint density at radius 1 is 0.970 bits per heavy atom. The predicted molar refractivity (Wildman–Crippen MR) is 120 cm³/mol. The van der Waals surface area contributed by atoms with Crippen LogP contribution in [0.1, 0.15) is 47.2 Å². The van der Waals surface area contributed by atoms with Gasteiger partial charge in [-0.25, -0.2) is 0 Å². The SMILES string of the molecule is CC(C)(C)c1ccc(C(=O)NCC(=O)OCC(=O)N2CCN(C(=O)c3ccco3)CC2)cc1. The number of nitrogens with zero attached hydrogens (tertiary/aromatic N) is 2. The van der Waals surface area contributed by atoms with Gasteiger partial charge >= 0.3 is 5.97 Å². The fraction of sp³-hybridized carbons (Fsp3) is 0.417. The number of carbonyl (C=O) groups is 4. The maximum atomic E-state index is 12.3. The van der Waals surface area contributed by atoms with Crippen molar-refractivity contribution in [2.75, 3.05) is 39.3 Å². The highest BCUT2D eigenvalue weighted by molar-refractivity contribution is 5.96. The molecule has 2 heterocycles. The van der Waals surface area contributed by atoms with Crippen LogP contribution in [-0.4, -0.2) is 72.8 Å². The van der Waals surface area contributed by atoms with Gasteiger partial charge in [-0.2, -0.15) is 0 Å². The van der Waals surface area contributed by atoms with Gasteiger partial charge < -0.3 is 24.3 Å². The maximum Gasteiger partial charge on any atom is 0.325 e. The number of esters is 1. The number of nitrogens with one attached hydrogen (secondary N) is 1. The first-order valence-corrected chi connectivity index (χ1v) is 10.8. The Kier molecular flexibility index (Phi) is 7.52. The smallest absolute Gasteiger partial charge is 0.325 e. The van der Waals surface area contributed by atoms with Crippen LogP contribution in [0.5, 0.6) is 0 Å². The van der Waals surface area contributed by atoms with Crippen LogP contribution in [0.15, 0.2) is 47.1 Å². The summed E-state index contributed by atoms with van der Waals surface area (Å²) in [5.41, 5.74) is 1.52. The molecule has 2 aromatic rings. The molecule has 9 nitrogen and oxygen atoms in total. The van der Waals surface area contributed by atoms with Crippen molar-refractivity contribution < 1.29 is 28.3 Å². The molecule has 9 heteroatoms. The first kappa shape index (κ1) is 24.0. The minimum Gasteiger partial charge on any atom is -0.459 e. The van der Waals surface area contributed by atoms with Gasteiger partial charge in [0.05, 0.1) is 6.26 Å². The summed E-state index contributed by atoms with van der Waals surface area (Å²) in [6.45, 7) is 6.90. The molecule has 0 unspecified atom stereocenters. The lowest BCUT2D eigenvalue weighted by atomic mass is 9.87. The average molecular weight is 456 g/mol. The summed E-state index contributed by atoms with van der Waals surface area (Å²) in [7, 11) is 0. The van der Waals surface area contributed by atoms with Gasteiger partial charge in [-0.1, -0.05) is 32.9 Å². The van der Waals surface area contributed by atoms with E-state index < -0.39 is 18.5 Å². The molecular weight excluding hydrogens is 426 g/mol. The number of benzene rings is 1. The lowest BCUT2D eigenvalue weighted by Crippen LogP contribution is -2.51. The molecule has 0 aliphatic carbocycles. The minimum absolute atomic E-state index is 0.0209. The molecule has 1 aromatic heterocycles. The molecule has 0 saturated carbocycles. The quantitative estimate of drug-likeness (QED) is 0.666. The zero-order valence-corrected chi connectivity index (χ0v) is 19.1. The normalized spacial score (nSPS) is 14.0.